The number of amides is 1. The monoisotopic (exact) mass is 451 g/mol. The highest BCUT2D eigenvalue weighted by Gasteiger charge is 2.33. The number of nitrogens with zero attached hydrogens (tertiary/aromatic N) is 4. The lowest BCUT2D eigenvalue weighted by Crippen LogP contribution is -2.49. The Hall–Kier alpha value is -2.60. The number of fused-ring (bicyclic) bond motifs is 1. The first-order chi connectivity index (χ1) is 15.4. The molecule has 4 rings (SSSR count). The van der Waals surface area contributed by atoms with Gasteiger partial charge in [0.15, 0.2) is 0 Å². The minimum Gasteiger partial charge on any atom is -0.370 e. The van der Waals surface area contributed by atoms with Gasteiger partial charge in [-0.05, 0) is 37.8 Å². The molecule has 1 saturated heterocycles. The summed E-state index contributed by atoms with van der Waals surface area (Å²) >= 11 is 1.52. The number of ether oxygens (including phenoxy) is 1. The third kappa shape index (κ3) is 4.90. The fourth-order valence-electron chi connectivity index (χ4n) is 4.29. The highest BCUT2D eigenvalue weighted by atomic mass is 32.2. The van der Waals surface area contributed by atoms with Crippen molar-refractivity contribution in [3.63, 3.8) is 0 Å². The van der Waals surface area contributed by atoms with Crippen LogP contribution in [0.5, 0.6) is 0 Å². The van der Waals surface area contributed by atoms with E-state index in [1.54, 1.807) is 0 Å². The number of hydrogen-bond acceptors (Lipinski definition) is 7. The minimum atomic E-state index is -0.294. The highest BCUT2D eigenvalue weighted by molar-refractivity contribution is 7.98. The summed E-state index contributed by atoms with van der Waals surface area (Å²) in [7, 11) is 0. The van der Waals surface area contributed by atoms with E-state index in [0.29, 0.717) is 25.1 Å². The lowest BCUT2D eigenvalue weighted by Gasteiger charge is -2.39. The maximum atomic E-state index is 12.4. The number of pyridine rings is 1. The van der Waals surface area contributed by atoms with E-state index in [2.05, 4.69) is 35.0 Å². The topological polar surface area (TPSA) is 81.5 Å². The average Bonchev–Trinajstić information content (AvgIpc) is 2.78. The summed E-state index contributed by atoms with van der Waals surface area (Å²) < 4.78 is 6.08. The molecule has 3 heterocycles. The first-order valence-corrected chi connectivity index (χ1v) is 12.1. The van der Waals surface area contributed by atoms with Crippen molar-refractivity contribution in [2.24, 2.45) is 0 Å². The molecule has 1 amide bonds. The Morgan fingerprint density at radius 3 is 2.59 bits per heavy atom. The summed E-state index contributed by atoms with van der Waals surface area (Å²) in [6, 6.07) is 11.9. The van der Waals surface area contributed by atoms with Crippen LogP contribution >= 0.6 is 11.8 Å². The van der Waals surface area contributed by atoms with Gasteiger partial charge in [0, 0.05) is 43.9 Å². The largest absolute Gasteiger partial charge is 0.370 e. The molecule has 2 aromatic rings. The molecule has 1 N–H and O–H groups in total. The number of nitriles is 1. The number of carbonyl (C=O) groups is 1. The van der Waals surface area contributed by atoms with Gasteiger partial charge in [-0.25, -0.2) is 4.98 Å². The van der Waals surface area contributed by atoms with Crippen molar-refractivity contribution in [3.8, 4) is 6.07 Å². The van der Waals surface area contributed by atoms with Gasteiger partial charge in [-0.3, -0.25) is 9.69 Å². The van der Waals surface area contributed by atoms with Crippen LogP contribution in [-0.4, -0.2) is 60.4 Å². The number of anilines is 2. The molecule has 0 atom stereocenters. The lowest BCUT2D eigenvalue weighted by atomic mass is 9.89. The van der Waals surface area contributed by atoms with E-state index in [0.717, 1.165) is 53.8 Å². The van der Waals surface area contributed by atoms with E-state index in [1.807, 2.05) is 36.6 Å². The van der Waals surface area contributed by atoms with Gasteiger partial charge in [0.25, 0.3) is 0 Å². The number of rotatable bonds is 5. The van der Waals surface area contributed by atoms with Gasteiger partial charge in [-0.1, -0.05) is 18.2 Å². The molecule has 2 aliphatic heterocycles. The van der Waals surface area contributed by atoms with Crippen molar-refractivity contribution in [3.05, 3.63) is 47.0 Å². The summed E-state index contributed by atoms with van der Waals surface area (Å²) in [5, 5.41) is 13.5. The zero-order valence-electron chi connectivity index (χ0n) is 18.9. The van der Waals surface area contributed by atoms with Crippen LogP contribution in [0.2, 0.25) is 0 Å². The van der Waals surface area contributed by atoms with Crippen molar-refractivity contribution in [2.45, 2.75) is 37.5 Å². The predicted octanol–water partition coefficient (Wildman–Crippen LogP) is 3.29. The van der Waals surface area contributed by atoms with E-state index in [-0.39, 0.29) is 11.5 Å². The standard InChI is InChI=1S/C24H29N5O2S/c1-24(2)13-18-19(14-25)23(32-3)27-22(20(18)16-31-24)29-11-9-28(10-12-29)15-21(30)26-17-7-5-4-6-8-17/h4-8H,9-13,15-16H2,1-3H3,(H,26,30). The van der Waals surface area contributed by atoms with Gasteiger partial charge in [0.05, 0.1) is 24.3 Å². The van der Waals surface area contributed by atoms with Crippen molar-refractivity contribution in [1.82, 2.24) is 9.88 Å². The summed E-state index contributed by atoms with van der Waals surface area (Å²) in [6.07, 6.45) is 2.67. The van der Waals surface area contributed by atoms with Crippen LogP contribution in [0.4, 0.5) is 11.5 Å². The molecule has 0 bridgehead atoms. The van der Waals surface area contributed by atoms with Crippen LogP contribution in [-0.2, 0) is 22.6 Å². The Kier molecular flexibility index (Phi) is 6.70. The molecular weight excluding hydrogens is 422 g/mol. The highest BCUT2D eigenvalue weighted by Crippen LogP contribution is 2.38. The quantitative estimate of drug-likeness (QED) is 0.699. The number of carbonyl (C=O) groups excluding carboxylic acids is 1. The Morgan fingerprint density at radius 1 is 1.22 bits per heavy atom. The second kappa shape index (κ2) is 9.49. The van der Waals surface area contributed by atoms with Gasteiger partial charge < -0.3 is 15.0 Å². The molecule has 1 aromatic heterocycles. The molecule has 0 saturated carbocycles. The molecule has 32 heavy (non-hydrogen) atoms. The van der Waals surface area contributed by atoms with Crippen LogP contribution in [0.15, 0.2) is 35.4 Å². The van der Waals surface area contributed by atoms with Crippen LogP contribution in [0.1, 0.15) is 30.5 Å². The van der Waals surface area contributed by atoms with Gasteiger partial charge in [-0.15, -0.1) is 11.8 Å². The summed E-state index contributed by atoms with van der Waals surface area (Å²) in [5.74, 6) is 0.922. The Bertz CT molecular complexity index is 1030. The maximum absolute atomic E-state index is 12.4. The number of piperazine rings is 1. The molecule has 7 nitrogen and oxygen atoms in total. The van der Waals surface area contributed by atoms with E-state index >= 15 is 0 Å². The third-order valence-electron chi connectivity index (χ3n) is 5.97. The van der Waals surface area contributed by atoms with Crippen LogP contribution in [0.25, 0.3) is 0 Å². The molecule has 1 aromatic carbocycles. The molecule has 2 aliphatic rings. The molecule has 8 heteroatoms. The Labute approximate surface area is 193 Å². The number of aromatic nitrogens is 1. The summed E-state index contributed by atoms with van der Waals surface area (Å²) in [4.78, 5) is 21.7. The molecule has 0 aliphatic carbocycles. The van der Waals surface area contributed by atoms with E-state index in [9.17, 15) is 10.1 Å². The number of para-hydroxylation sites is 1. The molecule has 0 radical (unpaired) electrons. The van der Waals surface area contributed by atoms with Crippen LogP contribution < -0.4 is 10.2 Å². The Balaban J connectivity index is 1.47. The minimum absolute atomic E-state index is 0.00109. The van der Waals surface area contributed by atoms with E-state index in [1.165, 1.54) is 11.8 Å². The number of thioether (sulfide) groups is 1. The molecule has 0 unspecified atom stereocenters. The number of benzene rings is 1. The third-order valence-corrected chi connectivity index (χ3v) is 6.65. The van der Waals surface area contributed by atoms with Crippen molar-refractivity contribution >= 4 is 29.2 Å². The Morgan fingerprint density at radius 2 is 1.94 bits per heavy atom. The number of nitrogens with one attached hydrogen (secondary N) is 1. The molecule has 0 spiro atoms. The van der Waals surface area contributed by atoms with Gasteiger partial charge in [0.2, 0.25) is 5.91 Å². The first-order valence-electron chi connectivity index (χ1n) is 10.9. The second-order valence-electron chi connectivity index (χ2n) is 8.79. The van der Waals surface area contributed by atoms with E-state index < -0.39 is 0 Å². The zero-order valence-corrected chi connectivity index (χ0v) is 19.7. The normalized spacial score (nSPS) is 18.0. The SMILES string of the molecule is CSc1nc(N2CCN(CC(=O)Nc3ccccc3)CC2)c2c(c1C#N)CC(C)(C)OC2. The van der Waals surface area contributed by atoms with E-state index in [4.69, 9.17) is 9.72 Å². The average molecular weight is 452 g/mol. The van der Waals surface area contributed by atoms with Crippen LogP contribution in [0.3, 0.4) is 0 Å². The first kappa shape index (κ1) is 22.6. The lowest BCUT2D eigenvalue weighted by molar-refractivity contribution is -0.117. The molecular formula is C24H29N5O2S. The second-order valence-corrected chi connectivity index (χ2v) is 9.59. The van der Waals surface area contributed by atoms with Crippen molar-refractivity contribution in [1.29, 1.82) is 5.26 Å². The zero-order chi connectivity index (χ0) is 22.7. The maximum Gasteiger partial charge on any atom is 0.238 e. The van der Waals surface area contributed by atoms with Crippen molar-refractivity contribution < 1.29 is 9.53 Å². The molecule has 1 fully saturated rings. The fourth-order valence-corrected chi connectivity index (χ4v) is 4.84. The summed E-state index contributed by atoms with van der Waals surface area (Å²) in [6.45, 7) is 8.08. The predicted molar refractivity (Wildman–Crippen MR) is 127 cm³/mol. The fraction of sp³-hybridized carbons (Fsp3) is 0.458. The van der Waals surface area contributed by atoms with Gasteiger partial charge >= 0.3 is 0 Å². The summed E-state index contributed by atoms with van der Waals surface area (Å²) in [5.41, 5.74) is 3.31. The molecule has 168 valence electrons. The van der Waals surface area contributed by atoms with Crippen LogP contribution in [0, 0.1) is 11.3 Å². The van der Waals surface area contributed by atoms with Gasteiger partial charge in [-0.2, -0.15) is 5.26 Å². The van der Waals surface area contributed by atoms with Gasteiger partial charge in [0.1, 0.15) is 16.9 Å². The number of hydrogen-bond donors (Lipinski definition) is 1. The van der Waals surface area contributed by atoms with Crippen molar-refractivity contribution in [2.75, 3.05) is 49.2 Å². The smallest absolute Gasteiger partial charge is 0.238 e.